The van der Waals surface area contributed by atoms with Gasteiger partial charge in [-0.15, -0.1) is 0 Å². The van der Waals surface area contributed by atoms with Crippen LogP contribution in [0.15, 0.2) is 34.6 Å². The third-order valence-corrected chi connectivity index (χ3v) is 6.11. The van der Waals surface area contributed by atoms with Gasteiger partial charge in [-0.3, -0.25) is 9.69 Å². The van der Waals surface area contributed by atoms with Crippen molar-refractivity contribution < 1.29 is 14.3 Å². The van der Waals surface area contributed by atoms with Crippen molar-refractivity contribution >= 4 is 41.3 Å². The SMILES string of the molecule is NC1NC=NC2=C1C(=O)N(c1ccc(N3CCN(CC4CC4)C3=O)c(Cl)c1)CCO2. The third-order valence-electron chi connectivity index (χ3n) is 5.81. The summed E-state index contributed by atoms with van der Waals surface area (Å²) in [5.41, 5.74) is 7.58. The number of amides is 3. The van der Waals surface area contributed by atoms with Crippen LogP contribution in [0.5, 0.6) is 0 Å². The number of nitrogens with zero attached hydrogens (tertiary/aromatic N) is 4. The second kappa shape index (κ2) is 7.48. The second-order valence-electron chi connectivity index (χ2n) is 7.89. The predicted molar refractivity (Wildman–Crippen MR) is 113 cm³/mol. The Labute approximate surface area is 179 Å². The Morgan fingerprint density at radius 2 is 2.03 bits per heavy atom. The monoisotopic (exact) mass is 430 g/mol. The molecule has 0 spiro atoms. The lowest BCUT2D eigenvalue weighted by Gasteiger charge is -2.25. The Balaban J connectivity index is 1.38. The molecule has 3 heterocycles. The zero-order valence-corrected chi connectivity index (χ0v) is 17.1. The van der Waals surface area contributed by atoms with Gasteiger partial charge in [0, 0.05) is 25.3 Å². The molecule has 9 nitrogen and oxygen atoms in total. The minimum absolute atomic E-state index is 0.0114. The van der Waals surface area contributed by atoms with Crippen LogP contribution >= 0.6 is 11.6 Å². The van der Waals surface area contributed by atoms with Crippen LogP contribution in [0.1, 0.15) is 12.8 Å². The molecular weight excluding hydrogens is 408 g/mol. The number of carbonyl (C=O) groups is 2. The van der Waals surface area contributed by atoms with Gasteiger partial charge >= 0.3 is 6.03 Å². The molecule has 1 unspecified atom stereocenters. The Kier molecular flexibility index (Phi) is 4.79. The van der Waals surface area contributed by atoms with Crippen LogP contribution in [-0.4, -0.2) is 62.1 Å². The van der Waals surface area contributed by atoms with Crippen LogP contribution in [0.25, 0.3) is 0 Å². The molecule has 0 bridgehead atoms. The molecule has 0 aromatic heterocycles. The van der Waals surface area contributed by atoms with Crippen molar-refractivity contribution in [3.05, 3.63) is 34.7 Å². The molecule has 0 radical (unpaired) electrons. The zero-order chi connectivity index (χ0) is 20.8. The van der Waals surface area contributed by atoms with Crippen LogP contribution in [-0.2, 0) is 9.53 Å². The molecule has 158 valence electrons. The van der Waals surface area contributed by atoms with Crippen molar-refractivity contribution in [2.45, 2.75) is 19.0 Å². The molecule has 3 aliphatic heterocycles. The van der Waals surface area contributed by atoms with E-state index in [9.17, 15) is 9.59 Å². The molecule has 1 aliphatic carbocycles. The molecule has 1 atom stereocenters. The lowest BCUT2D eigenvalue weighted by molar-refractivity contribution is -0.115. The summed E-state index contributed by atoms with van der Waals surface area (Å²) < 4.78 is 5.61. The number of rotatable bonds is 4. The summed E-state index contributed by atoms with van der Waals surface area (Å²) in [7, 11) is 0. The highest BCUT2D eigenvalue weighted by atomic mass is 35.5. The van der Waals surface area contributed by atoms with E-state index in [1.54, 1.807) is 28.0 Å². The van der Waals surface area contributed by atoms with Crippen LogP contribution in [0.4, 0.5) is 16.2 Å². The Bertz CT molecular complexity index is 960. The van der Waals surface area contributed by atoms with Gasteiger partial charge in [-0.1, -0.05) is 11.6 Å². The minimum Gasteiger partial charge on any atom is -0.475 e. The summed E-state index contributed by atoms with van der Waals surface area (Å²) >= 11 is 6.56. The summed E-state index contributed by atoms with van der Waals surface area (Å²) in [6.45, 7) is 2.76. The highest BCUT2D eigenvalue weighted by Gasteiger charge is 2.36. The van der Waals surface area contributed by atoms with Gasteiger partial charge in [0.15, 0.2) is 0 Å². The van der Waals surface area contributed by atoms with E-state index in [-0.39, 0.29) is 30.0 Å². The molecule has 10 heteroatoms. The van der Waals surface area contributed by atoms with Gasteiger partial charge in [0.1, 0.15) is 18.3 Å². The van der Waals surface area contributed by atoms with E-state index in [1.807, 2.05) is 4.90 Å². The zero-order valence-electron chi connectivity index (χ0n) is 16.4. The van der Waals surface area contributed by atoms with E-state index in [0.717, 1.165) is 6.54 Å². The van der Waals surface area contributed by atoms with Gasteiger partial charge in [0.2, 0.25) is 5.88 Å². The first kappa shape index (κ1) is 19.2. The van der Waals surface area contributed by atoms with Crippen LogP contribution in [0.3, 0.4) is 0 Å². The molecule has 2 fully saturated rings. The molecule has 1 saturated heterocycles. The number of nitrogens with two attached hydrogens (primary N) is 1. The largest absolute Gasteiger partial charge is 0.475 e. The Morgan fingerprint density at radius 3 is 2.80 bits per heavy atom. The van der Waals surface area contributed by atoms with Gasteiger partial charge in [0.05, 0.1) is 23.6 Å². The number of aliphatic imine (C=N–C) groups is 1. The van der Waals surface area contributed by atoms with E-state index in [2.05, 4.69) is 10.3 Å². The van der Waals surface area contributed by atoms with Gasteiger partial charge in [-0.2, -0.15) is 0 Å². The van der Waals surface area contributed by atoms with Gasteiger partial charge in [-0.25, -0.2) is 9.79 Å². The minimum atomic E-state index is -0.694. The number of halogens is 1. The van der Waals surface area contributed by atoms with E-state index in [4.69, 9.17) is 22.1 Å². The average Bonchev–Trinajstić information content (AvgIpc) is 3.50. The fourth-order valence-corrected chi connectivity index (χ4v) is 4.28. The fourth-order valence-electron chi connectivity index (χ4n) is 4.00. The first-order valence-corrected chi connectivity index (χ1v) is 10.5. The number of nitrogens with one attached hydrogen (secondary N) is 1. The summed E-state index contributed by atoms with van der Waals surface area (Å²) in [4.78, 5) is 35.2. The number of urea groups is 1. The van der Waals surface area contributed by atoms with Crippen LogP contribution in [0.2, 0.25) is 5.02 Å². The van der Waals surface area contributed by atoms with Crippen molar-refractivity contribution in [2.24, 2.45) is 16.6 Å². The second-order valence-corrected chi connectivity index (χ2v) is 8.29. The third kappa shape index (κ3) is 3.37. The fraction of sp³-hybridized carbons (Fsp3) is 0.450. The first-order valence-electron chi connectivity index (χ1n) is 10.1. The van der Waals surface area contributed by atoms with Crippen molar-refractivity contribution in [2.75, 3.05) is 42.6 Å². The van der Waals surface area contributed by atoms with Crippen molar-refractivity contribution in [3.8, 4) is 0 Å². The quantitative estimate of drug-likeness (QED) is 0.753. The number of hydrogen-bond donors (Lipinski definition) is 2. The van der Waals surface area contributed by atoms with Gasteiger partial charge < -0.3 is 25.6 Å². The highest BCUT2D eigenvalue weighted by Crippen LogP contribution is 2.35. The molecule has 1 aromatic rings. The number of anilines is 2. The summed E-state index contributed by atoms with van der Waals surface area (Å²) in [6, 6.07) is 5.29. The Morgan fingerprint density at radius 1 is 1.20 bits per heavy atom. The predicted octanol–water partition coefficient (Wildman–Crippen LogP) is 1.48. The molecule has 4 aliphatic rings. The van der Waals surface area contributed by atoms with Crippen molar-refractivity contribution in [1.82, 2.24) is 10.2 Å². The molecular formula is C20H23ClN6O3. The van der Waals surface area contributed by atoms with Crippen LogP contribution in [0, 0.1) is 5.92 Å². The summed E-state index contributed by atoms with van der Waals surface area (Å²) in [5, 5.41) is 3.24. The maximum absolute atomic E-state index is 13.1. The van der Waals surface area contributed by atoms with Crippen LogP contribution < -0.4 is 20.9 Å². The molecule has 3 amide bonds. The van der Waals surface area contributed by atoms with E-state index < -0.39 is 6.17 Å². The van der Waals surface area contributed by atoms with E-state index >= 15 is 0 Å². The highest BCUT2D eigenvalue weighted by molar-refractivity contribution is 6.34. The standard InChI is InChI=1S/C20H23ClN6O3/c21-14-9-13(26-7-8-30-18-16(19(26)28)17(22)23-11-24-18)3-4-15(14)27-6-5-25(20(27)29)10-12-1-2-12/h3-4,9,11-12,17H,1-2,5-8,10,22H2,(H,23,24). The first-order chi connectivity index (χ1) is 14.5. The molecule has 5 rings (SSSR count). The smallest absolute Gasteiger partial charge is 0.324 e. The maximum Gasteiger partial charge on any atom is 0.324 e. The lowest BCUT2D eigenvalue weighted by atomic mass is 10.1. The summed E-state index contributed by atoms with van der Waals surface area (Å²) in [6.07, 6.45) is 3.14. The molecule has 1 saturated carbocycles. The van der Waals surface area contributed by atoms with Crippen molar-refractivity contribution in [3.63, 3.8) is 0 Å². The number of ether oxygens (including phenoxy) is 1. The maximum atomic E-state index is 13.1. The van der Waals surface area contributed by atoms with Gasteiger partial charge in [-0.05, 0) is 37.0 Å². The van der Waals surface area contributed by atoms with Crippen molar-refractivity contribution in [1.29, 1.82) is 0 Å². The molecule has 3 N–H and O–H groups in total. The van der Waals surface area contributed by atoms with E-state index in [1.165, 1.54) is 19.2 Å². The number of hydrogen-bond acceptors (Lipinski definition) is 6. The number of benzene rings is 1. The Hall–Kier alpha value is -2.78. The lowest BCUT2D eigenvalue weighted by Crippen LogP contribution is -2.47. The number of carbonyl (C=O) groups excluding carboxylic acids is 2. The average molecular weight is 431 g/mol. The van der Waals surface area contributed by atoms with E-state index in [0.29, 0.717) is 41.9 Å². The molecule has 30 heavy (non-hydrogen) atoms. The summed E-state index contributed by atoms with van der Waals surface area (Å²) in [5.74, 6) is 0.609. The molecule has 1 aromatic carbocycles. The normalized spacial score (nSPS) is 24.1. The van der Waals surface area contributed by atoms with Gasteiger partial charge in [0.25, 0.3) is 5.91 Å². The topological polar surface area (TPSA) is 103 Å².